The first-order chi connectivity index (χ1) is 13.5. The number of nitrogens with one attached hydrogen (secondary N) is 1. The number of hydrogen-bond donors (Lipinski definition) is 2. The van der Waals surface area contributed by atoms with Crippen LogP contribution in [-0.4, -0.2) is 20.6 Å². The molecule has 1 aromatic heterocycles. The number of amides is 1. The van der Waals surface area contributed by atoms with Gasteiger partial charge in [-0.25, -0.2) is 9.37 Å². The predicted octanol–water partition coefficient (Wildman–Crippen LogP) is 3.78. The Hall–Kier alpha value is -2.35. The lowest BCUT2D eigenvalue weighted by Gasteiger charge is -2.11. The molecule has 0 bridgehead atoms. The summed E-state index contributed by atoms with van der Waals surface area (Å²) in [6.07, 6.45) is 1.57. The third kappa shape index (κ3) is 5.58. The molecule has 5 nitrogen and oxygen atoms in total. The zero-order valence-electron chi connectivity index (χ0n) is 14.9. The van der Waals surface area contributed by atoms with Gasteiger partial charge in [-0.15, -0.1) is 0 Å². The van der Waals surface area contributed by atoms with Crippen LogP contribution in [0.5, 0.6) is 0 Å². The van der Waals surface area contributed by atoms with E-state index in [2.05, 4.69) is 10.3 Å². The third-order valence-corrected chi connectivity index (χ3v) is 5.36. The molecule has 146 valence electrons. The minimum absolute atomic E-state index is 0.0417. The zero-order valence-corrected chi connectivity index (χ0v) is 16.5. The van der Waals surface area contributed by atoms with E-state index >= 15 is 0 Å². The van der Waals surface area contributed by atoms with Crippen molar-refractivity contribution in [2.45, 2.75) is 30.6 Å². The Labute approximate surface area is 171 Å². The smallest absolute Gasteiger partial charge is 0.240 e. The van der Waals surface area contributed by atoms with Crippen LogP contribution in [0.3, 0.4) is 0 Å². The highest BCUT2D eigenvalue weighted by atomic mass is 35.5. The van der Waals surface area contributed by atoms with Gasteiger partial charge in [-0.05, 0) is 35.4 Å². The Bertz CT molecular complexity index is 930. The van der Waals surface area contributed by atoms with Crippen molar-refractivity contribution in [1.82, 2.24) is 14.9 Å². The number of rotatable bonds is 8. The van der Waals surface area contributed by atoms with E-state index < -0.39 is 0 Å². The summed E-state index contributed by atoms with van der Waals surface area (Å²) in [6.45, 7) is 0.134. The summed E-state index contributed by atoms with van der Waals surface area (Å²) in [6, 6.07) is 13.5. The molecule has 3 rings (SSSR count). The van der Waals surface area contributed by atoms with Crippen molar-refractivity contribution >= 4 is 29.3 Å². The van der Waals surface area contributed by atoms with Crippen molar-refractivity contribution in [3.8, 4) is 0 Å². The number of aromatic nitrogens is 2. The Morgan fingerprint density at radius 2 is 1.82 bits per heavy atom. The molecule has 0 atom stereocenters. The number of aliphatic hydroxyl groups excluding tert-OH is 1. The molecule has 0 radical (unpaired) electrons. The van der Waals surface area contributed by atoms with Crippen molar-refractivity contribution in [2.75, 3.05) is 0 Å². The van der Waals surface area contributed by atoms with E-state index in [1.165, 1.54) is 23.9 Å². The van der Waals surface area contributed by atoms with Gasteiger partial charge in [-0.2, -0.15) is 0 Å². The van der Waals surface area contributed by atoms with Gasteiger partial charge in [0.1, 0.15) is 12.4 Å². The second-order valence-corrected chi connectivity index (χ2v) is 7.47. The topological polar surface area (TPSA) is 67.2 Å². The molecule has 2 aromatic carbocycles. The van der Waals surface area contributed by atoms with Gasteiger partial charge in [0, 0.05) is 17.3 Å². The number of thioether (sulfide) groups is 1. The number of nitrogens with zero attached hydrogens (tertiary/aromatic N) is 2. The van der Waals surface area contributed by atoms with E-state index in [0.29, 0.717) is 28.2 Å². The molecule has 0 saturated heterocycles. The minimum Gasteiger partial charge on any atom is -0.390 e. The molecule has 0 spiro atoms. The minimum atomic E-state index is -0.316. The number of imidazole rings is 1. The predicted molar refractivity (Wildman–Crippen MR) is 107 cm³/mol. The lowest BCUT2D eigenvalue weighted by Crippen LogP contribution is -2.28. The SMILES string of the molecule is O=C(Cn1c(CO)cnc1SCc1ccc(Cl)cc1)NCc1ccc(F)cc1. The number of hydrogen-bond acceptors (Lipinski definition) is 4. The van der Waals surface area contributed by atoms with Gasteiger partial charge < -0.3 is 15.0 Å². The van der Waals surface area contributed by atoms with Crippen LogP contribution in [-0.2, 0) is 30.2 Å². The maximum atomic E-state index is 13.0. The molecule has 0 unspecified atom stereocenters. The highest BCUT2D eigenvalue weighted by Crippen LogP contribution is 2.24. The van der Waals surface area contributed by atoms with Gasteiger partial charge >= 0.3 is 0 Å². The van der Waals surface area contributed by atoms with Crippen molar-refractivity contribution in [3.05, 3.63) is 82.4 Å². The van der Waals surface area contributed by atoms with Crippen molar-refractivity contribution in [3.63, 3.8) is 0 Å². The van der Waals surface area contributed by atoms with Crippen molar-refractivity contribution < 1.29 is 14.3 Å². The maximum absolute atomic E-state index is 13.0. The molecule has 0 aliphatic heterocycles. The molecule has 1 amide bonds. The van der Waals surface area contributed by atoms with Crippen molar-refractivity contribution in [2.24, 2.45) is 0 Å². The summed E-state index contributed by atoms with van der Waals surface area (Å²) in [5, 5.41) is 13.7. The molecule has 28 heavy (non-hydrogen) atoms. The lowest BCUT2D eigenvalue weighted by molar-refractivity contribution is -0.122. The monoisotopic (exact) mass is 419 g/mol. The first-order valence-electron chi connectivity index (χ1n) is 8.59. The molecule has 8 heteroatoms. The summed E-state index contributed by atoms with van der Waals surface area (Å²) < 4.78 is 14.6. The van der Waals surface area contributed by atoms with E-state index in [-0.39, 0.29) is 24.9 Å². The Morgan fingerprint density at radius 1 is 1.14 bits per heavy atom. The molecule has 3 aromatic rings. The standard InChI is InChI=1S/C20H19ClFN3O2S/c21-16-5-1-15(2-6-16)13-28-20-24-10-18(12-26)25(20)11-19(27)23-9-14-3-7-17(22)8-4-14/h1-8,10,26H,9,11-13H2,(H,23,27). The van der Waals surface area contributed by atoms with E-state index in [1.807, 2.05) is 24.3 Å². The summed E-state index contributed by atoms with van der Waals surface area (Å²) in [5.41, 5.74) is 2.45. The summed E-state index contributed by atoms with van der Waals surface area (Å²) in [4.78, 5) is 16.7. The fourth-order valence-corrected chi connectivity index (χ4v) is 3.61. The summed E-state index contributed by atoms with van der Waals surface area (Å²) in [7, 11) is 0. The van der Waals surface area contributed by atoms with E-state index in [0.717, 1.165) is 11.1 Å². The van der Waals surface area contributed by atoms with Crippen LogP contribution in [0.4, 0.5) is 4.39 Å². The van der Waals surface area contributed by atoms with E-state index in [4.69, 9.17) is 11.6 Å². The number of carbonyl (C=O) groups excluding carboxylic acids is 1. The second kappa shape index (κ2) is 9.73. The van der Waals surface area contributed by atoms with Gasteiger partial charge in [0.05, 0.1) is 18.5 Å². The van der Waals surface area contributed by atoms with Crippen LogP contribution < -0.4 is 5.32 Å². The van der Waals surface area contributed by atoms with Crippen LogP contribution in [0.1, 0.15) is 16.8 Å². The Kier molecular flexibility index (Phi) is 7.08. The van der Waals surface area contributed by atoms with Crippen LogP contribution in [0.2, 0.25) is 5.02 Å². The number of halogens is 2. The number of carbonyl (C=O) groups is 1. The van der Waals surface area contributed by atoms with E-state index in [1.54, 1.807) is 22.9 Å². The normalized spacial score (nSPS) is 10.8. The van der Waals surface area contributed by atoms with Crippen LogP contribution in [0.15, 0.2) is 59.9 Å². The summed E-state index contributed by atoms with van der Waals surface area (Å²) in [5.74, 6) is 0.129. The van der Waals surface area contributed by atoms with Crippen molar-refractivity contribution in [1.29, 1.82) is 0 Å². The van der Waals surface area contributed by atoms with Gasteiger partial charge in [0.15, 0.2) is 5.16 Å². The lowest BCUT2D eigenvalue weighted by atomic mass is 10.2. The molecular formula is C20H19ClFN3O2S. The molecule has 0 aliphatic rings. The average molecular weight is 420 g/mol. The molecule has 0 fully saturated rings. The highest BCUT2D eigenvalue weighted by Gasteiger charge is 2.13. The Balaban J connectivity index is 1.61. The third-order valence-electron chi connectivity index (χ3n) is 4.05. The number of benzene rings is 2. The first-order valence-corrected chi connectivity index (χ1v) is 9.95. The van der Waals surface area contributed by atoms with Gasteiger partial charge in [0.2, 0.25) is 5.91 Å². The maximum Gasteiger partial charge on any atom is 0.240 e. The highest BCUT2D eigenvalue weighted by molar-refractivity contribution is 7.98. The molecule has 1 heterocycles. The number of aliphatic hydroxyl groups is 1. The molecular weight excluding hydrogens is 401 g/mol. The fraction of sp³-hybridized carbons (Fsp3) is 0.200. The largest absolute Gasteiger partial charge is 0.390 e. The quantitative estimate of drug-likeness (QED) is 0.545. The van der Waals surface area contributed by atoms with Crippen LogP contribution >= 0.6 is 23.4 Å². The fourth-order valence-electron chi connectivity index (χ4n) is 2.53. The molecule has 2 N–H and O–H groups in total. The summed E-state index contributed by atoms with van der Waals surface area (Å²) >= 11 is 7.38. The van der Waals surface area contributed by atoms with Gasteiger partial charge in [0.25, 0.3) is 0 Å². The van der Waals surface area contributed by atoms with Crippen LogP contribution in [0, 0.1) is 5.82 Å². The zero-order chi connectivity index (χ0) is 19.9. The van der Waals surface area contributed by atoms with E-state index in [9.17, 15) is 14.3 Å². The average Bonchev–Trinajstić information content (AvgIpc) is 3.08. The molecule has 0 aliphatic carbocycles. The first kappa shape index (κ1) is 20.4. The molecule has 0 saturated carbocycles. The Morgan fingerprint density at radius 3 is 2.50 bits per heavy atom. The van der Waals surface area contributed by atoms with Gasteiger partial charge in [-0.3, -0.25) is 4.79 Å². The second-order valence-electron chi connectivity index (χ2n) is 6.09. The van der Waals surface area contributed by atoms with Gasteiger partial charge in [-0.1, -0.05) is 47.6 Å². The van der Waals surface area contributed by atoms with Crippen LogP contribution in [0.25, 0.3) is 0 Å².